The van der Waals surface area contributed by atoms with E-state index in [0.29, 0.717) is 18.4 Å². The van der Waals surface area contributed by atoms with Crippen molar-refractivity contribution < 1.29 is 13.2 Å². The molecule has 1 aromatic carbocycles. The first-order chi connectivity index (χ1) is 9.44. The Balaban J connectivity index is 2.02. The summed E-state index contributed by atoms with van der Waals surface area (Å²) < 4.78 is 23.4. The van der Waals surface area contributed by atoms with Gasteiger partial charge in [-0.3, -0.25) is 4.79 Å². The van der Waals surface area contributed by atoms with Gasteiger partial charge in [-0.05, 0) is 43.5 Å². The average Bonchev–Trinajstić information content (AvgIpc) is 2.74. The van der Waals surface area contributed by atoms with Crippen LogP contribution >= 0.6 is 0 Å². The molecule has 0 spiro atoms. The highest BCUT2D eigenvalue weighted by Crippen LogP contribution is 2.19. The fourth-order valence-corrected chi connectivity index (χ4v) is 4.23. The largest absolute Gasteiger partial charge is 0.388 e. The van der Waals surface area contributed by atoms with E-state index in [1.54, 1.807) is 6.07 Å². The van der Waals surface area contributed by atoms with Crippen LogP contribution in [0.3, 0.4) is 0 Å². The number of aryl methyl sites for hydroxylation is 1. The van der Waals surface area contributed by atoms with E-state index in [9.17, 15) is 13.2 Å². The summed E-state index contributed by atoms with van der Waals surface area (Å²) in [6.45, 7) is 2.07. The number of carbonyl (C=O) groups excluding carboxylic acids is 1. The van der Waals surface area contributed by atoms with Crippen LogP contribution in [-0.2, 0) is 9.84 Å². The number of anilines is 1. The zero-order chi connectivity index (χ0) is 14.8. The molecule has 2 rings (SSSR count). The fourth-order valence-electron chi connectivity index (χ4n) is 2.46. The summed E-state index contributed by atoms with van der Waals surface area (Å²) in [4.78, 5) is 12.1. The molecule has 1 unspecified atom stereocenters. The molecule has 2 N–H and O–H groups in total. The van der Waals surface area contributed by atoms with Crippen LogP contribution in [0.2, 0.25) is 0 Å². The molecule has 0 saturated carbocycles. The molecule has 1 heterocycles. The molecule has 1 atom stereocenters. The van der Waals surface area contributed by atoms with Crippen LogP contribution < -0.4 is 10.6 Å². The Labute approximate surface area is 119 Å². The molecule has 5 nitrogen and oxygen atoms in total. The van der Waals surface area contributed by atoms with Gasteiger partial charge in [0.1, 0.15) is 0 Å². The van der Waals surface area contributed by atoms with Crippen molar-refractivity contribution in [3.63, 3.8) is 0 Å². The van der Waals surface area contributed by atoms with Crippen molar-refractivity contribution in [3.8, 4) is 0 Å². The van der Waals surface area contributed by atoms with E-state index < -0.39 is 15.1 Å². The van der Waals surface area contributed by atoms with E-state index in [2.05, 4.69) is 10.6 Å². The second-order valence-electron chi connectivity index (χ2n) is 5.12. The Bertz CT molecular complexity index is 611. The molecule has 1 saturated heterocycles. The SMILES string of the molecule is CNc1ccc(C(=O)NCC2CCCS2(=O)=O)c(C)c1. The summed E-state index contributed by atoms with van der Waals surface area (Å²) >= 11 is 0. The molecule has 0 bridgehead atoms. The average molecular weight is 296 g/mol. The van der Waals surface area contributed by atoms with Gasteiger partial charge in [0.2, 0.25) is 0 Å². The lowest BCUT2D eigenvalue weighted by atomic mass is 10.1. The third kappa shape index (κ3) is 3.12. The Morgan fingerprint density at radius 2 is 2.15 bits per heavy atom. The maximum absolute atomic E-state index is 12.1. The third-order valence-electron chi connectivity index (χ3n) is 3.71. The summed E-state index contributed by atoms with van der Waals surface area (Å²) in [5.74, 6) is 0.0240. The van der Waals surface area contributed by atoms with Crippen LogP contribution in [0.4, 0.5) is 5.69 Å². The first-order valence-electron chi connectivity index (χ1n) is 6.72. The molecule has 1 amide bonds. The Morgan fingerprint density at radius 1 is 1.40 bits per heavy atom. The maximum atomic E-state index is 12.1. The van der Waals surface area contributed by atoms with E-state index in [0.717, 1.165) is 11.3 Å². The molecule has 20 heavy (non-hydrogen) atoms. The number of carbonyl (C=O) groups is 1. The predicted molar refractivity (Wildman–Crippen MR) is 79.9 cm³/mol. The summed E-state index contributed by atoms with van der Waals surface area (Å²) in [5, 5.41) is 5.32. The van der Waals surface area contributed by atoms with Gasteiger partial charge in [0.25, 0.3) is 5.91 Å². The first-order valence-corrected chi connectivity index (χ1v) is 8.44. The quantitative estimate of drug-likeness (QED) is 0.879. The maximum Gasteiger partial charge on any atom is 0.251 e. The normalized spacial score (nSPS) is 20.6. The molecule has 110 valence electrons. The minimum absolute atomic E-state index is 0.203. The topological polar surface area (TPSA) is 75.3 Å². The van der Waals surface area contributed by atoms with Gasteiger partial charge in [0, 0.05) is 24.8 Å². The third-order valence-corrected chi connectivity index (χ3v) is 5.99. The van der Waals surface area contributed by atoms with Gasteiger partial charge in [0.15, 0.2) is 9.84 Å². The van der Waals surface area contributed by atoms with Crippen LogP contribution in [0, 0.1) is 6.92 Å². The number of hydrogen-bond acceptors (Lipinski definition) is 4. The molecule has 1 aromatic rings. The van der Waals surface area contributed by atoms with Crippen molar-refractivity contribution in [2.45, 2.75) is 25.0 Å². The van der Waals surface area contributed by atoms with Crippen molar-refractivity contribution >= 4 is 21.4 Å². The number of hydrogen-bond donors (Lipinski definition) is 2. The van der Waals surface area contributed by atoms with E-state index in [1.165, 1.54) is 0 Å². The lowest BCUT2D eigenvalue weighted by molar-refractivity contribution is 0.0953. The molecule has 1 fully saturated rings. The molecule has 0 radical (unpaired) electrons. The van der Waals surface area contributed by atoms with Gasteiger partial charge in [0.05, 0.1) is 11.0 Å². The van der Waals surface area contributed by atoms with Crippen molar-refractivity contribution in [3.05, 3.63) is 29.3 Å². The lowest BCUT2D eigenvalue weighted by Crippen LogP contribution is -2.34. The highest BCUT2D eigenvalue weighted by Gasteiger charge is 2.31. The van der Waals surface area contributed by atoms with Crippen molar-refractivity contribution in [1.82, 2.24) is 5.32 Å². The second-order valence-corrected chi connectivity index (χ2v) is 7.52. The first kappa shape index (κ1) is 14.8. The number of sulfone groups is 1. The molecule has 0 aromatic heterocycles. The van der Waals surface area contributed by atoms with Crippen LogP contribution in [0.25, 0.3) is 0 Å². The Hall–Kier alpha value is -1.56. The number of nitrogens with one attached hydrogen (secondary N) is 2. The Morgan fingerprint density at radius 3 is 2.70 bits per heavy atom. The number of benzene rings is 1. The molecular formula is C14H20N2O3S. The summed E-state index contributed by atoms with van der Waals surface area (Å²) in [7, 11) is -1.19. The smallest absolute Gasteiger partial charge is 0.251 e. The zero-order valence-electron chi connectivity index (χ0n) is 11.8. The van der Waals surface area contributed by atoms with Gasteiger partial charge in [-0.25, -0.2) is 8.42 Å². The van der Waals surface area contributed by atoms with E-state index in [-0.39, 0.29) is 18.2 Å². The summed E-state index contributed by atoms with van der Waals surface area (Å²) in [5.41, 5.74) is 2.39. The van der Waals surface area contributed by atoms with E-state index >= 15 is 0 Å². The van der Waals surface area contributed by atoms with Gasteiger partial charge < -0.3 is 10.6 Å². The summed E-state index contributed by atoms with van der Waals surface area (Å²) in [6, 6.07) is 5.47. The molecule has 1 aliphatic heterocycles. The van der Waals surface area contributed by atoms with Crippen molar-refractivity contribution in [2.24, 2.45) is 0 Å². The van der Waals surface area contributed by atoms with E-state index in [1.807, 2.05) is 26.1 Å². The van der Waals surface area contributed by atoms with Crippen LogP contribution in [0.1, 0.15) is 28.8 Å². The molecule has 1 aliphatic rings. The zero-order valence-corrected chi connectivity index (χ0v) is 12.6. The highest BCUT2D eigenvalue weighted by molar-refractivity contribution is 7.92. The second kappa shape index (κ2) is 5.83. The minimum Gasteiger partial charge on any atom is -0.388 e. The molecule has 0 aliphatic carbocycles. The van der Waals surface area contributed by atoms with Gasteiger partial charge in [-0.1, -0.05) is 0 Å². The standard InChI is InChI=1S/C14H20N2O3S/c1-10-8-11(15-2)5-6-13(10)14(17)16-9-12-4-3-7-20(12,18)19/h5-6,8,12,15H,3-4,7,9H2,1-2H3,(H,16,17). The van der Waals surface area contributed by atoms with E-state index in [4.69, 9.17) is 0 Å². The number of rotatable bonds is 4. The number of amides is 1. The monoisotopic (exact) mass is 296 g/mol. The minimum atomic E-state index is -3.01. The lowest BCUT2D eigenvalue weighted by Gasteiger charge is -2.12. The predicted octanol–water partition coefficient (Wildman–Crippen LogP) is 1.34. The summed E-state index contributed by atoms with van der Waals surface area (Å²) in [6.07, 6.45) is 1.33. The van der Waals surface area contributed by atoms with Gasteiger partial charge in [-0.2, -0.15) is 0 Å². The van der Waals surface area contributed by atoms with Crippen molar-refractivity contribution in [2.75, 3.05) is 24.7 Å². The van der Waals surface area contributed by atoms with Crippen LogP contribution in [0.5, 0.6) is 0 Å². The fraction of sp³-hybridized carbons (Fsp3) is 0.500. The van der Waals surface area contributed by atoms with Crippen LogP contribution in [-0.4, -0.2) is 38.9 Å². The van der Waals surface area contributed by atoms with Crippen LogP contribution in [0.15, 0.2) is 18.2 Å². The Kier molecular flexibility index (Phi) is 4.32. The van der Waals surface area contributed by atoms with Gasteiger partial charge >= 0.3 is 0 Å². The van der Waals surface area contributed by atoms with Crippen molar-refractivity contribution in [1.29, 1.82) is 0 Å². The molecule has 6 heteroatoms. The van der Waals surface area contributed by atoms with Gasteiger partial charge in [-0.15, -0.1) is 0 Å². The highest BCUT2D eigenvalue weighted by atomic mass is 32.2. The molecular weight excluding hydrogens is 276 g/mol.